The predicted molar refractivity (Wildman–Crippen MR) is 96.5 cm³/mol. The van der Waals surface area contributed by atoms with Crippen LogP contribution >= 0.6 is 11.6 Å². The molecule has 2 heterocycles. The maximum Gasteiger partial charge on any atom is 0.321 e. The molecule has 1 aliphatic rings. The summed E-state index contributed by atoms with van der Waals surface area (Å²) in [5.74, 6) is 1.34. The van der Waals surface area contributed by atoms with E-state index in [0.29, 0.717) is 29.5 Å². The van der Waals surface area contributed by atoms with Crippen LogP contribution in [0.3, 0.4) is 0 Å². The summed E-state index contributed by atoms with van der Waals surface area (Å²) in [4.78, 5) is 18.2. The van der Waals surface area contributed by atoms with Crippen LogP contribution in [0.15, 0.2) is 42.7 Å². The lowest BCUT2D eigenvalue weighted by Crippen LogP contribution is -2.43. The highest BCUT2D eigenvalue weighted by Crippen LogP contribution is 2.27. The predicted octanol–water partition coefficient (Wildman–Crippen LogP) is 3.82. The van der Waals surface area contributed by atoms with E-state index in [-0.39, 0.29) is 12.1 Å². The average molecular weight is 362 g/mol. The summed E-state index contributed by atoms with van der Waals surface area (Å²) < 4.78 is 11.0. The fourth-order valence-electron chi connectivity index (χ4n) is 2.73. The number of pyridine rings is 1. The number of carbonyl (C=O) groups is 1. The van der Waals surface area contributed by atoms with Crippen molar-refractivity contribution in [1.82, 2.24) is 9.88 Å². The third-order valence-electron chi connectivity index (χ3n) is 4.07. The van der Waals surface area contributed by atoms with Crippen molar-refractivity contribution in [2.75, 3.05) is 25.5 Å². The van der Waals surface area contributed by atoms with E-state index in [2.05, 4.69) is 10.3 Å². The van der Waals surface area contributed by atoms with E-state index in [1.54, 1.807) is 42.6 Å². The normalized spacial score (nSPS) is 14.9. The van der Waals surface area contributed by atoms with Gasteiger partial charge < -0.3 is 19.7 Å². The van der Waals surface area contributed by atoms with E-state index in [1.807, 2.05) is 12.1 Å². The molecule has 0 spiro atoms. The minimum atomic E-state index is -0.138. The lowest BCUT2D eigenvalue weighted by atomic mass is 10.1. The minimum Gasteiger partial charge on any atom is -0.495 e. The molecule has 25 heavy (non-hydrogen) atoms. The van der Waals surface area contributed by atoms with Gasteiger partial charge in [0, 0.05) is 37.8 Å². The van der Waals surface area contributed by atoms with Crippen molar-refractivity contribution in [3.8, 4) is 11.5 Å². The molecule has 1 N–H and O–H groups in total. The molecule has 0 atom stereocenters. The largest absolute Gasteiger partial charge is 0.495 e. The monoisotopic (exact) mass is 361 g/mol. The van der Waals surface area contributed by atoms with E-state index in [0.717, 1.165) is 18.6 Å². The Morgan fingerprint density at radius 2 is 2.12 bits per heavy atom. The highest BCUT2D eigenvalue weighted by Gasteiger charge is 2.24. The van der Waals surface area contributed by atoms with Gasteiger partial charge in [-0.3, -0.25) is 4.98 Å². The first-order chi connectivity index (χ1) is 12.2. The number of aromatic nitrogens is 1. The van der Waals surface area contributed by atoms with Gasteiger partial charge in [0.1, 0.15) is 17.6 Å². The van der Waals surface area contributed by atoms with Crippen molar-refractivity contribution in [1.29, 1.82) is 0 Å². The number of anilines is 1. The summed E-state index contributed by atoms with van der Waals surface area (Å²) >= 11 is 6.08. The number of hydrogen-bond donors (Lipinski definition) is 1. The summed E-state index contributed by atoms with van der Waals surface area (Å²) in [6, 6.07) is 8.77. The Hall–Kier alpha value is -2.47. The maximum atomic E-state index is 12.4. The molecule has 0 bridgehead atoms. The quantitative estimate of drug-likeness (QED) is 0.899. The molecule has 0 unspecified atom stereocenters. The molecule has 132 valence electrons. The molecule has 7 heteroatoms. The summed E-state index contributed by atoms with van der Waals surface area (Å²) in [5, 5.41) is 3.33. The third kappa shape index (κ3) is 4.54. The molecule has 2 aromatic rings. The van der Waals surface area contributed by atoms with Crippen LogP contribution < -0.4 is 14.8 Å². The second kappa shape index (κ2) is 8.07. The van der Waals surface area contributed by atoms with Gasteiger partial charge in [0.25, 0.3) is 0 Å². The van der Waals surface area contributed by atoms with Gasteiger partial charge in [-0.1, -0.05) is 11.6 Å². The number of halogens is 1. The average Bonchev–Trinajstić information content (AvgIpc) is 2.63. The number of amides is 2. The second-order valence-corrected chi connectivity index (χ2v) is 6.18. The second-order valence-electron chi connectivity index (χ2n) is 5.77. The zero-order chi connectivity index (χ0) is 17.6. The molecule has 1 fully saturated rings. The molecule has 1 aromatic heterocycles. The molecule has 3 rings (SSSR count). The SMILES string of the molecule is COc1ccc(NC(=O)N2CCC(Oc3cccnc3)CC2)cc1Cl. The van der Waals surface area contributed by atoms with E-state index in [9.17, 15) is 4.79 Å². The van der Waals surface area contributed by atoms with Gasteiger partial charge in [0.2, 0.25) is 0 Å². The molecule has 6 nitrogen and oxygen atoms in total. The molecule has 0 saturated carbocycles. The number of likely N-dealkylation sites (tertiary alicyclic amines) is 1. The first-order valence-corrected chi connectivity index (χ1v) is 8.49. The highest BCUT2D eigenvalue weighted by molar-refractivity contribution is 6.32. The Balaban J connectivity index is 1.50. The van der Waals surface area contributed by atoms with Gasteiger partial charge in [0.15, 0.2) is 0 Å². The van der Waals surface area contributed by atoms with E-state index < -0.39 is 0 Å². The number of carbonyl (C=O) groups excluding carboxylic acids is 1. The van der Waals surface area contributed by atoms with Crippen LogP contribution in [0.4, 0.5) is 10.5 Å². The fraction of sp³-hybridized carbons (Fsp3) is 0.333. The first-order valence-electron chi connectivity index (χ1n) is 8.12. The van der Waals surface area contributed by atoms with E-state index >= 15 is 0 Å². The third-order valence-corrected chi connectivity index (χ3v) is 4.36. The number of nitrogens with one attached hydrogen (secondary N) is 1. The topological polar surface area (TPSA) is 63.7 Å². The Morgan fingerprint density at radius 3 is 2.76 bits per heavy atom. The number of methoxy groups -OCH3 is 1. The Kier molecular flexibility index (Phi) is 5.60. The zero-order valence-electron chi connectivity index (χ0n) is 13.9. The Morgan fingerprint density at radius 1 is 1.32 bits per heavy atom. The molecule has 0 radical (unpaired) electrons. The van der Waals surface area contributed by atoms with E-state index in [1.165, 1.54) is 0 Å². The molecule has 1 aromatic carbocycles. The van der Waals surface area contributed by atoms with Crippen LogP contribution in [0, 0.1) is 0 Å². The van der Waals surface area contributed by atoms with Crippen LogP contribution in [-0.4, -0.2) is 42.2 Å². The van der Waals surface area contributed by atoms with Gasteiger partial charge in [-0.2, -0.15) is 0 Å². The molecule has 1 aliphatic heterocycles. The lowest BCUT2D eigenvalue weighted by Gasteiger charge is -2.32. The maximum absolute atomic E-state index is 12.4. The van der Waals surface area contributed by atoms with Crippen molar-refractivity contribution in [2.24, 2.45) is 0 Å². The minimum absolute atomic E-state index is 0.101. The number of benzene rings is 1. The fourth-order valence-corrected chi connectivity index (χ4v) is 2.99. The number of rotatable bonds is 4. The van der Waals surface area contributed by atoms with Crippen LogP contribution in [0.5, 0.6) is 11.5 Å². The molecular formula is C18H20ClN3O3. The molecule has 1 saturated heterocycles. The number of nitrogens with zero attached hydrogens (tertiary/aromatic N) is 2. The summed E-state index contributed by atoms with van der Waals surface area (Å²) in [5.41, 5.74) is 0.643. The highest BCUT2D eigenvalue weighted by atomic mass is 35.5. The smallest absolute Gasteiger partial charge is 0.321 e. The van der Waals surface area contributed by atoms with Crippen LogP contribution in [0.2, 0.25) is 5.02 Å². The van der Waals surface area contributed by atoms with Crippen LogP contribution in [0.25, 0.3) is 0 Å². The summed E-state index contributed by atoms with van der Waals surface area (Å²) in [6.07, 6.45) is 5.08. The van der Waals surface area contributed by atoms with Crippen LogP contribution in [0.1, 0.15) is 12.8 Å². The van der Waals surface area contributed by atoms with Crippen molar-refractivity contribution >= 4 is 23.3 Å². The summed E-state index contributed by atoms with van der Waals surface area (Å²) in [6.45, 7) is 1.28. The van der Waals surface area contributed by atoms with Gasteiger partial charge in [-0.05, 0) is 30.3 Å². The zero-order valence-corrected chi connectivity index (χ0v) is 14.7. The standard InChI is InChI=1S/C18H20ClN3O3/c1-24-17-5-4-13(11-16(17)19)21-18(23)22-9-6-14(7-10-22)25-15-3-2-8-20-12-15/h2-5,8,11-12,14H,6-7,9-10H2,1H3,(H,21,23). The van der Waals surface area contributed by atoms with Gasteiger partial charge in [-0.15, -0.1) is 0 Å². The van der Waals surface area contributed by atoms with Gasteiger partial charge in [0.05, 0.1) is 18.3 Å². The van der Waals surface area contributed by atoms with Crippen molar-refractivity contribution < 1.29 is 14.3 Å². The number of urea groups is 1. The van der Waals surface area contributed by atoms with Crippen molar-refractivity contribution in [2.45, 2.75) is 18.9 Å². The lowest BCUT2D eigenvalue weighted by molar-refractivity contribution is 0.115. The van der Waals surface area contributed by atoms with E-state index in [4.69, 9.17) is 21.1 Å². The van der Waals surface area contributed by atoms with Gasteiger partial charge in [-0.25, -0.2) is 4.79 Å². The van der Waals surface area contributed by atoms with Gasteiger partial charge >= 0.3 is 6.03 Å². The Labute approximate surface area is 151 Å². The summed E-state index contributed by atoms with van der Waals surface area (Å²) in [7, 11) is 1.55. The first kappa shape index (κ1) is 17.4. The van der Waals surface area contributed by atoms with Crippen molar-refractivity contribution in [3.05, 3.63) is 47.7 Å². The van der Waals surface area contributed by atoms with Crippen molar-refractivity contribution in [3.63, 3.8) is 0 Å². The Bertz CT molecular complexity index is 719. The molecule has 2 amide bonds. The number of piperidine rings is 1. The molecule has 0 aliphatic carbocycles. The number of hydrogen-bond acceptors (Lipinski definition) is 4. The molecular weight excluding hydrogens is 342 g/mol. The number of ether oxygens (including phenoxy) is 2. The van der Waals surface area contributed by atoms with Crippen LogP contribution in [-0.2, 0) is 0 Å².